The number of rotatable bonds is 7. The first-order valence-corrected chi connectivity index (χ1v) is 8.32. The zero-order chi connectivity index (χ0) is 16.1. The summed E-state index contributed by atoms with van der Waals surface area (Å²) in [4.78, 5) is 16.3. The fraction of sp³-hybridized carbons (Fsp3) is 0.500. The number of carbonyl (C=O) groups is 1. The smallest absolute Gasteiger partial charge is 0.261 e. The van der Waals surface area contributed by atoms with E-state index in [1.54, 1.807) is 6.20 Å². The lowest BCUT2D eigenvalue weighted by Gasteiger charge is -2.23. The summed E-state index contributed by atoms with van der Waals surface area (Å²) in [6, 6.07) is 5.90. The van der Waals surface area contributed by atoms with Gasteiger partial charge in [0, 0.05) is 18.8 Å². The largest absolute Gasteiger partial charge is 0.347 e. The third-order valence-electron chi connectivity index (χ3n) is 3.27. The van der Waals surface area contributed by atoms with Gasteiger partial charge in [-0.25, -0.2) is 0 Å². The molecule has 0 aliphatic rings. The minimum atomic E-state index is 0.00302. The highest BCUT2D eigenvalue weighted by Crippen LogP contribution is 2.26. The minimum Gasteiger partial charge on any atom is -0.347 e. The van der Waals surface area contributed by atoms with Crippen LogP contribution in [0.25, 0.3) is 10.6 Å². The summed E-state index contributed by atoms with van der Waals surface area (Å²) in [6.45, 7) is 5.20. The molecular formula is C16H24N4OS. The Morgan fingerprint density at radius 2 is 2.14 bits per heavy atom. The van der Waals surface area contributed by atoms with E-state index in [1.165, 1.54) is 11.3 Å². The van der Waals surface area contributed by atoms with E-state index in [1.807, 2.05) is 32.3 Å². The Kier molecular flexibility index (Phi) is 5.74. The Morgan fingerprint density at radius 1 is 1.36 bits per heavy atom. The molecule has 0 unspecified atom stereocenters. The molecule has 0 aromatic carbocycles. The van der Waals surface area contributed by atoms with Crippen molar-refractivity contribution in [2.75, 3.05) is 20.6 Å². The van der Waals surface area contributed by atoms with E-state index in [9.17, 15) is 4.79 Å². The zero-order valence-corrected chi connectivity index (χ0v) is 14.4. The van der Waals surface area contributed by atoms with Crippen LogP contribution in [0.2, 0.25) is 0 Å². The number of nitrogens with zero attached hydrogens (tertiary/aromatic N) is 2. The van der Waals surface area contributed by atoms with Crippen LogP contribution >= 0.6 is 11.3 Å². The van der Waals surface area contributed by atoms with Crippen molar-refractivity contribution in [3.8, 4) is 10.6 Å². The van der Waals surface area contributed by atoms with Gasteiger partial charge in [0.05, 0.1) is 15.4 Å². The highest BCUT2D eigenvalue weighted by Gasteiger charge is 2.17. The second-order valence-corrected chi connectivity index (χ2v) is 7.28. The Morgan fingerprint density at radius 3 is 2.73 bits per heavy atom. The third kappa shape index (κ3) is 4.68. The molecule has 0 aliphatic carbocycles. The summed E-state index contributed by atoms with van der Waals surface area (Å²) in [6.07, 6.45) is 2.69. The summed E-state index contributed by atoms with van der Waals surface area (Å²) >= 11 is 1.48. The maximum Gasteiger partial charge on any atom is 0.261 e. The van der Waals surface area contributed by atoms with Gasteiger partial charge in [-0.15, -0.1) is 11.3 Å². The predicted octanol–water partition coefficient (Wildman–Crippen LogP) is 2.84. The van der Waals surface area contributed by atoms with Crippen LogP contribution in [0.15, 0.2) is 24.4 Å². The number of hydrogen-bond acceptors (Lipinski definition) is 4. The molecule has 22 heavy (non-hydrogen) atoms. The third-order valence-corrected chi connectivity index (χ3v) is 4.39. The second-order valence-electron chi connectivity index (χ2n) is 6.20. The van der Waals surface area contributed by atoms with Crippen LogP contribution in [0, 0.1) is 5.92 Å². The summed E-state index contributed by atoms with van der Waals surface area (Å²) in [5, 5.41) is 10.0. The van der Waals surface area contributed by atoms with Gasteiger partial charge in [-0.1, -0.05) is 13.8 Å². The molecule has 0 fully saturated rings. The Bertz CT molecular complexity index is 579. The molecule has 0 aliphatic heterocycles. The summed E-state index contributed by atoms with van der Waals surface area (Å²) in [5.41, 5.74) is 0.941. The van der Waals surface area contributed by atoms with Crippen molar-refractivity contribution in [1.82, 2.24) is 20.4 Å². The van der Waals surface area contributed by atoms with Crippen molar-refractivity contribution in [1.29, 1.82) is 0 Å². The van der Waals surface area contributed by atoms with Crippen molar-refractivity contribution in [3.63, 3.8) is 0 Å². The van der Waals surface area contributed by atoms with Gasteiger partial charge in [0.2, 0.25) is 0 Å². The van der Waals surface area contributed by atoms with Crippen LogP contribution in [0.3, 0.4) is 0 Å². The Labute approximate surface area is 135 Å². The molecule has 2 aromatic rings. The Balaban J connectivity index is 2.03. The van der Waals surface area contributed by atoms with Gasteiger partial charge in [-0.3, -0.25) is 9.89 Å². The lowest BCUT2D eigenvalue weighted by atomic mass is 10.0. The monoisotopic (exact) mass is 320 g/mol. The second kappa shape index (κ2) is 7.56. The summed E-state index contributed by atoms with van der Waals surface area (Å²) in [5.74, 6) is 0.553. The molecule has 0 radical (unpaired) electrons. The number of hydrogen-bond donors (Lipinski definition) is 2. The van der Waals surface area contributed by atoms with Crippen LogP contribution < -0.4 is 5.32 Å². The molecule has 0 saturated carbocycles. The zero-order valence-electron chi connectivity index (χ0n) is 13.6. The lowest BCUT2D eigenvalue weighted by Crippen LogP contribution is -2.42. The fourth-order valence-electron chi connectivity index (χ4n) is 2.44. The van der Waals surface area contributed by atoms with E-state index in [4.69, 9.17) is 0 Å². The molecule has 2 heterocycles. The van der Waals surface area contributed by atoms with Crippen LogP contribution in [0.5, 0.6) is 0 Å². The van der Waals surface area contributed by atoms with Crippen molar-refractivity contribution < 1.29 is 4.79 Å². The normalized spacial score (nSPS) is 12.8. The molecule has 120 valence electrons. The van der Waals surface area contributed by atoms with Crippen LogP contribution in [-0.4, -0.2) is 47.7 Å². The number of amides is 1. The molecule has 0 spiro atoms. The molecule has 1 amide bonds. The van der Waals surface area contributed by atoms with E-state index in [-0.39, 0.29) is 11.9 Å². The molecule has 0 saturated heterocycles. The fourth-order valence-corrected chi connectivity index (χ4v) is 3.33. The molecule has 5 nitrogen and oxygen atoms in total. The Hall–Kier alpha value is -1.66. The van der Waals surface area contributed by atoms with Gasteiger partial charge < -0.3 is 10.2 Å². The highest BCUT2D eigenvalue weighted by atomic mass is 32.1. The van der Waals surface area contributed by atoms with E-state index < -0.39 is 0 Å². The van der Waals surface area contributed by atoms with Gasteiger partial charge >= 0.3 is 0 Å². The quantitative estimate of drug-likeness (QED) is 0.824. The number of aromatic amines is 1. The lowest BCUT2D eigenvalue weighted by molar-refractivity contribution is 0.0928. The first-order chi connectivity index (χ1) is 10.5. The van der Waals surface area contributed by atoms with E-state index in [0.29, 0.717) is 5.92 Å². The van der Waals surface area contributed by atoms with E-state index >= 15 is 0 Å². The maximum atomic E-state index is 12.5. The predicted molar refractivity (Wildman–Crippen MR) is 91.2 cm³/mol. The molecule has 2 aromatic heterocycles. The number of aromatic nitrogens is 2. The molecular weight excluding hydrogens is 296 g/mol. The number of carbonyl (C=O) groups excluding carboxylic acids is 1. The van der Waals surface area contributed by atoms with Crippen molar-refractivity contribution in [2.24, 2.45) is 5.92 Å². The van der Waals surface area contributed by atoms with Crippen LogP contribution in [0.1, 0.15) is 29.9 Å². The molecule has 0 bridgehead atoms. The molecule has 6 heteroatoms. The van der Waals surface area contributed by atoms with Gasteiger partial charge in [0.1, 0.15) is 0 Å². The first kappa shape index (κ1) is 16.7. The topological polar surface area (TPSA) is 61.0 Å². The van der Waals surface area contributed by atoms with Gasteiger partial charge in [0.25, 0.3) is 5.91 Å². The molecule has 2 rings (SSSR count). The van der Waals surface area contributed by atoms with Crippen molar-refractivity contribution >= 4 is 17.2 Å². The first-order valence-electron chi connectivity index (χ1n) is 7.51. The van der Waals surface area contributed by atoms with E-state index in [2.05, 4.69) is 34.3 Å². The number of thiophene rings is 1. The number of nitrogens with one attached hydrogen (secondary N) is 2. The van der Waals surface area contributed by atoms with Crippen LogP contribution in [-0.2, 0) is 0 Å². The van der Waals surface area contributed by atoms with Gasteiger partial charge in [-0.05, 0) is 44.6 Å². The average molecular weight is 320 g/mol. The van der Waals surface area contributed by atoms with Crippen LogP contribution in [0.4, 0.5) is 0 Å². The SMILES string of the molecule is CC(C)C[C@@H](CN(C)C)NC(=O)c1ccc(-c2ccn[nH]2)s1. The van der Waals surface area contributed by atoms with Crippen molar-refractivity contribution in [3.05, 3.63) is 29.3 Å². The average Bonchev–Trinajstić information content (AvgIpc) is 3.08. The minimum absolute atomic E-state index is 0.00302. The van der Waals surface area contributed by atoms with Gasteiger partial charge in [0.15, 0.2) is 0 Å². The summed E-state index contributed by atoms with van der Waals surface area (Å²) < 4.78 is 0. The highest BCUT2D eigenvalue weighted by molar-refractivity contribution is 7.17. The van der Waals surface area contributed by atoms with Gasteiger partial charge in [-0.2, -0.15) is 5.10 Å². The van der Waals surface area contributed by atoms with Crippen molar-refractivity contribution in [2.45, 2.75) is 26.3 Å². The maximum absolute atomic E-state index is 12.5. The number of likely N-dealkylation sites (N-methyl/N-ethyl adjacent to an activating group) is 1. The van der Waals surface area contributed by atoms with E-state index in [0.717, 1.165) is 28.4 Å². The standard InChI is InChI=1S/C16H24N4OS/c1-11(2)9-12(10-20(3)4)18-16(21)15-6-5-14(22-15)13-7-8-17-19-13/h5-8,11-12H,9-10H2,1-4H3,(H,17,19)(H,18,21)/t12-/m0/s1. The molecule has 2 N–H and O–H groups in total. The summed E-state index contributed by atoms with van der Waals surface area (Å²) in [7, 11) is 4.06. The number of H-pyrrole nitrogens is 1. The molecule has 1 atom stereocenters.